The van der Waals surface area contributed by atoms with E-state index in [1.54, 1.807) is 6.92 Å². The highest BCUT2D eigenvalue weighted by molar-refractivity contribution is 5.95. The van der Waals surface area contributed by atoms with Gasteiger partial charge in [0.1, 0.15) is 23.2 Å². The average molecular weight is 480 g/mol. The van der Waals surface area contributed by atoms with Crippen LogP contribution in [0.25, 0.3) is 0 Å². The molecule has 180 valence electrons. The van der Waals surface area contributed by atoms with Crippen molar-refractivity contribution in [2.75, 3.05) is 13.1 Å². The van der Waals surface area contributed by atoms with Crippen LogP contribution in [0.5, 0.6) is 0 Å². The van der Waals surface area contributed by atoms with Crippen LogP contribution in [0.4, 0.5) is 22.0 Å². The highest BCUT2D eigenvalue weighted by Gasteiger charge is 2.63. The molecule has 0 N–H and O–H groups in total. The minimum atomic E-state index is -1.39. The molecule has 1 spiro atoms. The number of hydrogen-bond donors (Lipinski definition) is 0. The Labute approximate surface area is 192 Å². The van der Waals surface area contributed by atoms with Crippen molar-refractivity contribution in [3.63, 3.8) is 0 Å². The van der Waals surface area contributed by atoms with Crippen molar-refractivity contribution < 1.29 is 36.3 Å². The van der Waals surface area contributed by atoms with Crippen LogP contribution in [0.3, 0.4) is 0 Å². The molecule has 2 atom stereocenters. The summed E-state index contributed by atoms with van der Waals surface area (Å²) in [5, 5.41) is 0. The molecule has 5 rings (SSSR count). The molecule has 3 saturated heterocycles. The number of carbonyl (C=O) groups excluding carboxylic acids is 2. The number of carbonyl (C=O) groups is 2. The second-order valence-electron chi connectivity index (χ2n) is 9.24. The predicted octanol–water partition coefficient (Wildman–Crippen LogP) is 4.47. The van der Waals surface area contributed by atoms with Gasteiger partial charge in [0.15, 0.2) is 17.2 Å². The van der Waals surface area contributed by atoms with Gasteiger partial charge in [0.25, 0.3) is 11.8 Å². The third kappa shape index (κ3) is 3.46. The van der Waals surface area contributed by atoms with Crippen LogP contribution in [0, 0.1) is 29.1 Å². The molecule has 0 aliphatic carbocycles. The normalized spacial score (nSPS) is 25.8. The summed E-state index contributed by atoms with van der Waals surface area (Å²) in [6, 6.07) is 3.46. The fourth-order valence-electron chi connectivity index (χ4n) is 5.45. The van der Waals surface area contributed by atoms with Gasteiger partial charge in [-0.05, 0) is 43.5 Å². The number of ether oxygens (including phenoxy) is 1. The second kappa shape index (κ2) is 7.76. The van der Waals surface area contributed by atoms with Crippen LogP contribution in [0.2, 0.25) is 0 Å². The predicted molar refractivity (Wildman–Crippen MR) is 109 cm³/mol. The number of hydrogen-bond acceptors (Lipinski definition) is 3. The Bertz CT molecular complexity index is 1180. The summed E-state index contributed by atoms with van der Waals surface area (Å²) in [5.41, 5.74) is -2.45. The molecule has 0 unspecified atom stereocenters. The number of nitrogens with zero attached hydrogens (tertiary/aromatic N) is 2. The van der Waals surface area contributed by atoms with Crippen molar-refractivity contribution >= 4 is 11.8 Å². The lowest BCUT2D eigenvalue weighted by molar-refractivity contribution is -0.148. The summed E-state index contributed by atoms with van der Waals surface area (Å²) in [7, 11) is 0. The summed E-state index contributed by atoms with van der Waals surface area (Å²) in [5.74, 6) is -6.50. The first-order chi connectivity index (χ1) is 16.0. The van der Waals surface area contributed by atoms with Gasteiger partial charge in [-0.2, -0.15) is 0 Å². The molecule has 3 heterocycles. The van der Waals surface area contributed by atoms with Crippen LogP contribution >= 0.6 is 0 Å². The summed E-state index contributed by atoms with van der Waals surface area (Å²) < 4.78 is 74.8. The molecular formula is C24H21F5N2O3. The maximum absolute atomic E-state index is 14.1. The zero-order valence-electron chi connectivity index (χ0n) is 18.2. The number of rotatable bonds is 2. The Morgan fingerprint density at radius 2 is 1.53 bits per heavy atom. The van der Waals surface area contributed by atoms with Gasteiger partial charge in [-0.3, -0.25) is 9.59 Å². The van der Waals surface area contributed by atoms with Gasteiger partial charge in [0, 0.05) is 38.1 Å². The van der Waals surface area contributed by atoms with E-state index in [2.05, 4.69) is 0 Å². The molecule has 10 heteroatoms. The Kier molecular flexibility index (Phi) is 5.20. The lowest BCUT2D eigenvalue weighted by Crippen LogP contribution is -2.51. The third-order valence-electron chi connectivity index (χ3n) is 7.10. The number of fused-ring (bicyclic) bond motifs is 1. The summed E-state index contributed by atoms with van der Waals surface area (Å²) in [6.07, 6.45) is 1.16. The van der Waals surface area contributed by atoms with Crippen LogP contribution in [-0.2, 0) is 9.53 Å². The fourth-order valence-corrected chi connectivity index (χ4v) is 5.45. The monoisotopic (exact) mass is 480 g/mol. The van der Waals surface area contributed by atoms with Gasteiger partial charge < -0.3 is 14.5 Å². The highest BCUT2D eigenvalue weighted by Crippen LogP contribution is 2.53. The van der Waals surface area contributed by atoms with Crippen molar-refractivity contribution in [1.82, 2.24) is 9.80 Å². The number of benzene rings is 2. The molecular weight excluding hydrogens is 459 g/mol. The Morgan fingerprint density at radius 1 is 0.912 bits per heavy atom. The smallest absolute Gasteiger partial charge is 0.257 e. The van der Waals surface area contributed by atoms with E-state index >= 15 is 0 Å². The van der Waals surface area contributed by atoms with Crippen molar-refractivity contribution in [1.29, 1.82) is 0 Å². The van der Waals surface area contributed by atoms with Gasteiger partial charge in [-0.25, -0.2) is 22.0 Å². The minimum absolute atomic E-state index is 0.0339. The molecule has 0 bridgehead atoms. The van der Waals surface area contributed by atoms with Gasteiger partial charge >= 0.3 is 0 Å². The Morgan fingerprint density at radius 3 is 2.18 bits per heavy atom. The fraction of sp³-hybridized carbons (Fsp3) is 0.417. The molecule has 2 aromatic rings. The zero-order valence-corrected chi connectivity index (χ0v) is 18.2. The summed E-state index contributed by atoms with van der Waals surface area (Å²) in [6.45, 7) is 1.82. The van der Waals surface area contributed by atoms with E-state index in [9.17, 15) is 31.5 Å². The van der Waals surface area contributed by atoms with Gasteiger partial charge in [-0.15, -0.1) is 0 Å². The largest absolute Gasteiger partial charge is 0.339 e. The summed E-state index contributed by atoms with van der Waals surface area (Å²) >= 11 is 0. The maximum atomic E-state index is 14.1. The first-order valence-electron chi connectivity index (χ1n) is 11.0. The van der Waals surface area contributed by atoms with Crippen LogP contribution in [-0.4, -0.2) is 46.0 Å². The SMILES string of the molecule is C[C@@]12CC[C@@H](c3cc(F)cc(F)c3)N1C(=O)C1(CCN(C(=O)c3cc(F)c(F)cc3F)CC1)O2. The van der Waals surface area contributed by atoms with E-state index in [-0.39, 0.29) is 31.8 Å². The molecule has 2 aromatic carbocycles. The van der Waals surface area contributed by atoms with E-state index in [1.807, 2.05) is 0 Å². The summed E-state index contributed by atoms with van der Waals surface area (Å²) in [4.78, 5) is 29.1. The first-order valence-corrected chi connectivity index (χ1v) is 11.0. The van der Waals surface area contributed by atoms with Crippen LogP contribution in [0.15, 0.2) is 30.3 Å². The Balaban J connectivity index is 1.35. The second-order valence-corrected chi connectivity index (χ2v) is 9.24. The third-order valence-corrected chi connectivity index (χ3v) is 7.10. The van der Waals surface area contributed by atoms with Crippen LogP contribution < -0.4 is 0 Å². The molecule has 3 aliphatic rings. The lowest BCUT2D eigenvalue weighted by atomic mass is 9.89. The zero-order chi connectivity index (χ0) is 24.4. The quantitative estimate of drug-likeness (QED) is 0.471. The molecule has 3 fully saturated rings. The van der Waals surface area contributed by atoms with Crippen molar-refractivity contribution in [3.8, 4) is 0 Å². The van der Waals surface area contributed by atoms with Gasteiger partial charge in [0.05, 0.1) is 11.6 Å². The van der Waals surface area contributed by atoms with E-state index in [0.717, 1.165) is 6.07 Å². The minimum Gasteiger partial charge on any atom is -0.339 e. The van der Waals surface area contributed by atoms with Gasteiger partial charge in [0.2, 0.25) is 0 Å². The molecule has 2 amide bonds. The van der Waals surface area contributed by atoms with Gasteiger partial charge in [-0.1, -0.05) is 0 Å². The molecule has 0 saturated carbocycles. The molecule has 34 heavy (non-hydrogen) atoms. The van der Waals surface area contributed by atoms with E-state index in [0.29, 0.717) is 30.5 Å². The number of halogens is 5. The van der Waals surface area contributed by atoms with Crippen molar-refractivity contribution in [3.05, 3.63) is 70.5 Å². The highest BCUT2D eigenvalue weighted by atomic mass is 19.2. The molecule has 0 aromatic heterocycles. The number of amides is 2. The average Bonchev–Trinajstić information content (AvgIpc) is 3.20. The number of likely N-dealkylation sites (tertiary alicyclic amines) is 1. The van der Waals surface area contributed by atoms with E-state index < -0.39 is 57.9 Å². The van der Waals surface area contributed by atoms with Crippen molar-refractivity contribution in [2.24, 2.45) is 0 Å². The lowest BCUT2D eigenvalue weighted by Gasteiger charge is -2.38. The number of piperidine rings is 1. The molecule has 5 nitrogen and oxygen atoms in total. The molecule has 3 aliphatic heterocycles. The Hall–Kier alpha value is -3.01. The standard InChI is InChI=1S/C24H21F5N2O3/c1-23-3-2-20(13-8-14(25)10-15(26)9-13)31(23)22(33)24(34-23)4-6-30(7-5-24)21(32)16-11-18(28)19(29)12-17(16)27/h8-12,20H,2-7H2,1H3/t20-,23+/m0/s1. The van der Waals surface area contributed by atoms with Crippen LogP contribution in [0.1, 0.15) is 54.6 Å². The van der Waals surface area contributed by atoms with Crippen molar-refractivity contribution in [2.45, 2.75) is 50.0 Å². The van der Waals surface area contributed by atoms with E-state index in [4.69, 9.17) is 4.74 Å². The maximum Gasteiger partial charge on any atom is 0.257 e. The molecule has 0 radical (unpaired) electrons. The van der Waals surface area contributed by atoms with E-state index in [1.165, 1.54) is 21.9 Å². The topological polar surface area (TPSA) is 49.9 Å². The first kappa shape index (κ1) is 22.8.